The fourth-order valence-electron chi connectivity index (χ4n) is 3.25. The van der Waals surface area contributed by atoms with Crippen LogP contribution in [0.5, 0.6) is 0 Å². The molecule has 2 amide bonds. The van der Waals surface area contributed by atoms with E-state index in [-0.39, 0.29) is 17.9 Å². The molecule has 0 aliphatic heterocycles. The van der Waals surface area contributed by atoms with E-state index in [2.05, 4.69) is 25.9 Å². The van der Waals surface area contributed by atoms with Crippen molar-refractivity contribution in [3.8, 4) is 0 Å². The summed E-state index contributed by atoms with van der Waals surface area (Å²) in [6.07, 6.45) is 5.61. The van der Waals surface area contributed by atoms with Gasteiger partial charge in [0.1, 0.15) is 5.69 Å². The summed E-state index contributed by atoms with van der Waals surface area (Å²) in [5, 5.41) is 8.92. The van der Waals surface area contributed by atoms with Crippen molar-refractivity contribution < 1.29 is 9.59 Å². The monoisotopic (exact) mass is 367 g/mol. The van der Waals surface area contributed by atoms with Crippen LogP contribution in [-0.4, -0.2) is 27.8 Å². The van der Waals surface area contributed by atoms with Crippen LogP contribution in [0.1, 0.15) is 55.2 Å². The molecule has 3 N–H and O–H groups in total. The molecule has 0 unspecified atom stereocenters. The molecule has 7 nitrogen and oxygen atoms in total. The van der Waals surface area contributed by atoms with Crippen molar-refractivity contribution >= 4 is 29.1 Å². The Morgan fingerprint density at radius 2 is 1.78 bits per heavy atom. The van der Waals surface area contributed by atoms with E-state index in [4.69, 9.17) is 0 Å². The molecule has 0 atom stereocenters. The van der Waals surface area contributed by atoms with Crippen molar-refractivity contribution in [2.75, 3.05) is 10.6 Å². The topological polar surface area (TPSA) is 96.0 Å². The molecule has 142 valence electrons. The minimum absolute atomic E-state index is 0.138. The summed E-state index contributed by atoms with van der Waals surface area (Å²) in [6.45, 7) is 3.29. The van der Waals surface area contributed by atoms with E-state index in [0.29, 0.717) is 23.0 Å². The molecule has 27 heavy (non-hydrogen) atoms. The summed E-state index contributed by atoms with van der Waals surface area (Å²) in [7, 11) is 0. The third kappa shape index (κ3) is 5.51. The summed E-state index contributed by atoms with van der Waals surface area (Å²) in [4.78, 5) is 32.5. The Kier molecular flexibility index (Phi) is 6.01. The van der Waals surface area contributed by atoms with E-state index < -0.39 is 0 Å². The average molecular weight is 367 g/mol. The Morgan fingerprint density at radius 1 is 1.04 bits per heavy atom. The number of aryl methyl sites for hydroxylation is 1. The molecule has 1 saturated carbocycles. The van der Waals surface area contributed by atoms with E-state index in [1.54, 1.807) is 18.2 Å². The minimum Gasteiger partial charge on any atom is -0.348 e. The number of nitrogens with one attached hydrogen (secondary N) is 3. The van der Waals surface area contributed by atoms with E-state index >= 15 is 0 Å². The predicted molar refractivity (Wildman–Crippen MR) is 105 cm³/mol. The largest absolute Gasteiger partial charge is 0.348 e. The van der Waals surface area contributed by atoms with Crippen LogP contribution in [0.3, 0.4) is 0 Å². The first-order chi connectivity index (χ1) is 13.0. The number of anilines is 3. The van der Waals surface area contributed by atoms with Gasteiger partial charge in [0.05, 0.1) is 0 Å². The van der Waals surface area contributed by atoms with Gasteiger partial charge in [-0.3, -0.25) is 9.59 Å². The van der Waals surface area contributed by atoms with Crippen molar-refractivity contribution in [3.63, 3.8) is 0 Å². The second kappa shape index (κ2) is 8.62. The van der Waals surface area contributed by atoms with E-state index in [1.165, 1.54) is 13.3 Å². The Bertz CT molecular complexity index is 831. The Morgan fingerprint density at radius 3 is 2.52 bits per heavy atom. The maximum atomic E-state index is 12.6. The standard InChI is InChI=1S/C20H25N5O2/c1-13-11-18(19(27)23-15-7-4-3-5-8-15)25-20(21-13)24-17-10-6-9-16(12-17)22-14(2)26/h6,9-12,15H,3-5,7-8H2,1-2H3,(H,22,26)(H,23,27)(H,21,24,25). The molecule has 0 bridgehead atoms. The first-order valence-electron chi connectivity index (χ1n) is 9.31. The summed E-state index contributed by atoms with van der Waals surface area (Å²) in [5.41, 5.74) is 2.47. The van der Waals surface area contributed by atoms with E-state index in [1.807, 2.05) is 19.1 Å². The van der Waals surface area contributed by atoms with Crippen LogP contribution in [0.4, 0.5) is 17.3 Å². The molecule has 1 aliphatic rings. The van der Waals surface area contributed by atoms with E-state index in [9.17, 15) is 9.59 Å². The predicted octanol–water partition coefficient (Wildman–Crippen LogP) is 3.55. The molecular formula is C20H25N5O2. The molecule has 0 saturated heterocycles. The molecule has 3 rings (SSSR count). The zero-order valence-corrected chi connectivity index (χ0v) is 15.7. The van der Waals surface area contributed by atoms with Crippen molar-refractivity contribution in [2.24, 2.45) is 0 Å². The van der Waals surface area contributed by atoms with Crippen LogP contribution in [0.2, 0.25) is 0 Å². The molecule has 1 aromatic heterocycles. The van der Waals surface area contributed by atoms with Gasteiger partial charge in [-0.2, -0.15) is 0 Å². The van der Waals surface area contributed by atoms with Crippen molar-refractivity contribution in [2.45, 2.75) is 52.0 Å². The third-order valence-corrected chi connectivity index (χ3v) is 4.47. The van der Waals surface area contributed by atoms with E-state index in [0.717, 1.165) is 31.4 Å². The minimum atomic E-state index is -0.164. The van der Waals surface area contributed by atoms with Crippen molar-refractivity contribution in [1.82, 2.24) is 15.3 Å². The van der Waals surface area contributed by atoms with Crippen LogP contribution in [-0.2, 0) is 4.79 Å². The van der Waals surface area contributed by atoms with Crippen molar-refractivity contribution in [3.05, 3.63) is 41.7 Å². The first kappa shape index (κ1) is 18.8. The van der Waals surface area contributed by atoms with Gasteiger partial charge in [-0.05, 0) is 44.0 Å². The lowest BCUT2D eigenvalue weighted by Gasteiger charge is -2.22. The third-order valence-electron chi connectivity index (χ3n) is 4.47. The summed E-state index contributed by atoms with van der Waals surface area (Å²) in [5.74, 6) is 0.0480. The van der Waals surface area contributed by atoms with Crippen LogP contribution >= 0.6 is 0 Å². The zero-order chi connectivity index (χ0) is 19.2. The second-order valence-electron chi connectivity index (χ2n) is 6.91. The molecule has 0 spiro atoms. The van der Waals surface area contributed by atoms with Crippen LogP contribution in [0, 0.1) is 6.92 Å². The highest BCUT2D eigenvalue weighted by atomic mass is 16.2. The maximum absolute atomic E-state index is 12.6. The lowest BCUT2D eigenvalue weighted by atomic mass is 9.95. The zero-order valence-electron chi connectivity index (χ0n) is 15.7. The van der Waals surface area contributed by atoms with Crippen LogP contribution < -0.4 is 16.0 Å². The molecule has 7 heteroatoms. The number of amides is 2. The highest BCUT2D eigenvalue weighted by Crippen LogP contribution is 2.20. The molecule has 1 heterocycles. The van der Waals surface area contributed by atoms with Gasteiger partial charge in [-0.25, -0.2) is 9.97 Å². The van der Waals surface area contributed by atoms with Crippen LogP contribution in [0.15, 0.2) is 30.3 Å². The Labute approximate surface area is 159 Å². The maximum Gasteiger partial charge on any atom is 0.270 e. The molecule has 1 aromatic carbocycles. The average Bonchev–Trinajstić information content (AvgIpc) is 2.62. The highest BCUT2D eigenvalue weighted by Gasteiger charge is 2.18. The van der Waals surface area contributed by atoms with Gasteiger partial charge >= 0.3 is 0 Å². The summed E-state index contributed by atoms with van der Waals surface area (Å²) >= 11 is 0. The molecule has 0 radical (unpaired) electrons. The number of carbonyl (C=O) groups excluding carboxylic acids is 2. The summed E-state index contributed by atoms with van der Waals surface area (Å²) < 4.78 is 0. The first-order valence-corrected chi connectivity index (χ1v) is 9.31. The fraction of sp³-hybridized carbons (Fsp3) is 0.400. The number of hydrogen-bond donors (Lipinski definition) is 3. The highest BCUT2D eigenvalue weighted by molar-refractivity contribution is 5.93. The molecule has 1 aliphatic carbocycles. The lowest BCUT2D eigenvalue weighted by molar-refractivity contribution is -0.114. The molecular weight excluding hydrogens is 342 g/mol. The summed E-state index contributed by atoms with van der Waals surface area (Å²) in [6, 6.07) is 9.17. The quantitative estimate of drug-likeness (QED) is 0.751. The van der Waals surface area contributed by atoms with Gasteiger partial charge in [0.15, 0.2) is 0 Å². The molecule has 1 fully saturated rings. The lowest BCUT2D eigenvalue weighted by Crippen LogP contribution is -2.36. The van der Waals surface area contributed by atoms with Gasteiger partial charge in [-0.1, -0.05) is 25.3 Å². The Balaban J connectivity index is 1.73. The van der Waals surface area contributed by atoms with Gasteiger partial charge in [-0.15, -0.1) is 0 Å². The van der Waals surface area contributed by atoms with Crippen molar-refractivity contribution in [1.29, 1.82) is 0 Å². The van der Waals surface area contributed by atoms with Crippen LogP contribution in [0.25, 0.3) is 0 Å². The number of rotatable bonds is 5. The van der Waals surface area contributed by atoms with Gasteiger partial charge in [0.2, 0.25) is 11.9 Å². The van der Waals surface area contributed by atoms with Gasteiger partial charge < -0.3 is 16.0 Å². The fourth-order valence-corrected chi connectivity index (χ4v) is 3.25. The Hall–Kier alpha value is -2.96. The number of aromatic nitrogens is 2. The smallest absolute Gasteiger partial charge is 0.270 e. The number of hydrogen-bond acceptors (Lipinski definition) is 5. The normalized spacial score (nSPS) is 14.4. The SMILES string of the molecule is CC(=O)Nc1cccc(Nc2nc(C)cc(C(=O)NC3CCCCC3)n2)c1. The number of benzene rings is 1. The number of nitrogens with zero attached hydrogens (tertiary/aromatic N) is 2. The molecule has 2 aromatic rings. The number of carbonyl (C=O) groups is 2. The van der Waals surface area contributed by atoms with Gasteiger partial charge in [0, 0.05) is 30.0 Å². The second-order valence-corrected chi connectivity index (χ2v) is 6.91. The van der Waals surface area contributed by atoms with Gasteiger partial charge in [0.25, 0.3) is 5.91 Å².